The third-order valence-corrected chi connectivity index (χ3v) is 5.14. The Morgan fingerprint density at radius 3 is 2.77 bits per heavy atom. The van der Waals surface area contributed by atoms with Gasteiger partial charge in [-0.05, 0) is 18.4 Å². The molecule has 1 aromatic heterocycles. The number of aliphatic carboxylic acids is 1. The van der Waals surface area contributed by atoms with E-state index in [4.69, 9.17) is 0 Å². The lowest BCUT2D eigenvalue weighted by atomic mass is 9.99. The maximum absolute atomic E-state index is 12.1. The minimum absolute atomic E-state index is 0.0545. The summed E-state index contributed by atoms with van der Waals surface area (Å²) in [6.07, 6.45) is 3.25. The fraction of sp³-hybridized carbons (Fsp3) is 0.421. The van der Waals surface area contributed by atoms with Gasteiger partial charge >= 0.3 is 5.97 Å². The molecule has 0 spiro atoms. The smallest absolute Gasteiger partial charge is 0.320 e. The Bertz CT molecular complexity index is 760. The normalized spacial score (nSPS) is 13.2. The standard InChI is InChI=1S/C19H25N3O3S/c1-4-13(3)17(18(24)25)20-11-16(23)22-19-21-10-15(26-19)9-14-7-5-6-12(2)8-14/h5-8,10,13,17,20H,4,9,11H2,1-3H3,(H,24,25)(H,21,22,23)/t13-,17-/m0/s1. The van der Waals surface area contributed by atoms with Crippen molar-refractivity contribution in [2.45, 2.75) is 39.7 Å². The van der Waals surface area contributed by atoms with Crippen LogP contribution in [0.2, 0.25) is 0 Å². The Labute approximate surface area is 157 Å². The molecule has 26 heavy (non-hydrogen) atoms. The van der Waals surface area contributed by atoms with Gasteiger partial charge in [-0.25, -0.2) is 4.98 Å². The molecule has 0 radical (unpaired) electrons. The number of benzene rings is 1. The minimum atomic E-state index is -0.943. The number of amides is 1. The van der Waals surface area contributed by atoms with Gasteiger partial charge in [-0.1, -0.05) is 50.1 Å². The average molecular weight is 375 g/mol. The maximum atomic E-state index is 12.1. The average Bonchev–Trinajstić information content (AvgIpc) is 3.01. The summed E-state index contributed by atoms with van der Waals surface area (Å²) in [4.78, 5) is 28.6. The SMILES string of the molecule is CC[C@H](C)[C@H](NCC(=O)Nc1ncc(Cc2cccc(C)c2)s1)C(=O)O. The number of carbonyl (C=O) groups is 2. The van der Waals surface area contributed by atoms with Crippen LogP contribution in [-0.2, 0) is 16.0 Å². The Balaban J connectivity index is 1.88. The molecule has 140 valence electrons. The largest absolute Gasteiger partial charge is 0.480 e. The number of nitrogens with one attached hydrogen (secondary N) is 2. The van der Waals surface area contributed by atoms with Gasteiger partial charge < -0.3 is 10.4 Å². The van der Waals surface area contributed by atoms with Crippen molar-refractivity contribution in [3.63, 3.8) is 0 Å². The molecule has 0 aliphatic carbocycles. The fourth-order valence-electron chi connectivity index (χ4n) is 2.60. The Hall–Kier alpha value is -2.25. The van der Waals surface area contributed by atoms with Gasteiger partial charge in [0.05, 0.1) is 6.54 Å². The lowest BCUT2D eigenvalue weighted by Crippen LogP contribution is -2.45. The number of rotatable bonds is 9. The number of nitrogens with zero attached hydrogens (tertiary/aromatic N) is 1. The second-order valence-electron chi connectivity index (χ2n) is 6.43. The van der Waals surface area contributed by atoms with Crippen molar-refractivity contribution in [2.75, 3.05) is 11.9 Å². The van der Waals surface area contributed by atoms with Gasteiger partial charge in [0, 0.05) is 17.5 Å². The van der Waals surface area contributed by atoms with E-state index in [1.165, 1.54) is 22.5 Å². The molecule has 0 aliphatic heterocycles. The Kier molecular flexibility index (Phi) is 7.29. The van der Waals surface area contributed by atoms with Crippen LogP contribution in [0, 0.1) is 12.8 Å². The first-order valence-corrected chi connectivity index (χ1v) is 9.47. The summed E-state index contributed by atoms with van der Waals surface area (Å²) in [6, 6.07) is 7.53. The first kappa shape index (κ1) is 20.1. The zero-order valence-corrected chi connectivity index (χ0v) is 16.1. The summed E-state index contributed by atoms with van der Waals surface area (Å²) < 4.78 is 0. The molecular weight excluding hydrogens is 350 g/mol. The van der Waals surface area contributed by atoms with Crippen LogP contribution in [0.5, 0.6) is 0 Å². The summed E-state index contributed by atoms with van der Waals surface area (Å²) in [6.45, 7) is 5.77. The van der Waals surface area contributed by atoms with Crippen LogP contribution in [0.25, 0.3) is 0 Å². The van der Waals surface area contributed by atoms with Gasteiger partial charge in [0.1, 0.15) is 6.04 Å². The van der Waals surface area contributed by atoms with Crippen LogP contribution in [0.1, 0.15) is 36.3 Å². The number of anilines is 1. The number of carboxylic acid groups (broad SMARTS) is 1. The summed E-state index contributed by atoms with van der Waals surface area (Å²) in [5, 5.41) is 15.3. The Morgan fingerprint density at radius 2 is 2.12 bits per heavy atom. The van der Waals surface area contributed by atoms with E-state index in [0.717, 1.165) is 17.7 Å². The van der Waals surface area contributed by atoms with E-state index in [2.05, 4.69) is 40.7 Å². The number of aryl methyl sites for hydroxylation is 1. The molecule has 1 heterocycles. The summed E-state index contributed by atoms with van der Waals surface area (Å²) in [5.74, 6) is -1.29. The van der Waals surface area contributed by atoms with Crippen molar-refractivity contribution in [3.05, 3.63) is 46.5 Å². The molecule has 6 nitrogen and oxygen atoms in total. The van der Waals surface area contributed by atoms with Crippen molar-refractivity contribution in [2.24, 2.45) is 5.92 Å². The lowest BCUT2D eigenvalue weighted by Gasteiger charge is -2.19. The summed E-state index contributed by atoms with van der Waals surface area (Å²) >= 11 is 1.43. The molecule has 0 aliphatic rings. The molecule has 2 atom stereocenters. The molecule has 7 heteroatoms. The van der Waals surface area contributed by atoms with Gasteiger partial charge in [-0.3, -0.25) is 14.9 Å². The molecule has 1 aromatic carbocycles. The van der Waals surface area contributed by atoms with Crippen molar-refractivity contribution in [1.82, 2.24) is 10.3 Å². The highest BCUT2D eigenvalue weighted by Gasteiger charge is 2.23. The van der Waals surface area contributed by atoms with Gasteiger partial charge in [0.15, 0.2) is 5.13 Å². The first-order chi connectivity index (χ1) is 12.4. The molecule has 2 rings (SSSR count). The number of thiazole rings is 1. The van der Waals surface area contributed by atoms with Crippen LogP contribution in [-0.4, -0.2) is 34.6 Å². The minimum Gasteiger partial charge on any atom is -0.480 e. The number of aromatic nitrogens is 1. The second kappa shape index (κ2) is 9.45. The molecule has 0 saturated carbocycles. The second-order valence-corrected chi connectivity index (χ2v) is 7.54. The molecule has 3 N–H and O–H groups in total. The monoisotopic (exact) mass is 375 g/mol. The predicted molar refractivity (Wildman–Crippen MR) is 104 cm³/mol. The molecule has 0 fully saturated rings. The van der Waals surface area contributed by atoms with Crippen LogP contribution < -0.4 is 10.6 Å². The quantitative estimate of drug-likeness (QED) is 0.626. The van der Waals surface area contributed by atoms with E-state index in [0.29, 0.717) is 5.13 Å². The van der Waals surface area contributed by atoms with Crippen molar-refractivity contribution in [1.29, 1.82) is 0 Å². The van der Waals surface area contributed by atoms with Gasteiger partial charge in [0.2, 0.25) is 5.91 Å². The number of carbonyl (C=O) groups excluding carboxylic acids is 1. The first-order valence-electron chi connectivity index (χ1n) is 8.65. The molecule has 0 bridgehead atoms. The van der Waals surface area contributed by atoms with Crippen molar-refractivity contribution >= 4 is 28.3 Å². The molecule has 0 unspecified atom stereocenters. The molecular formula is C19H25N3O3S. The number of hydrogen-bond acceptors (Lipinski definition) is 5. The zero-order chi connectivity index (χ0) is 19.1. The lowest BCUT2D eigenvalue weighted by molar-refractivity contribution is -0.140. The third kappa shape index (κ3) is 5.93. The van der Waals surface area contributed by atoms with Crippen LogP contribution >= 0.6 is 11.3 Å². The topological polar surface area (TPSA) is 91.3 Å². The maximum Gasteiger partial charge on any atom is 0.320 e. The predicted octanol–water partition coefficient (Wildman–Crippen LogP) is 3.07. The van der Waals surface area contributed by atoms with Gasteiger partial charge in [-0.2, -0.15) is 0 Å². The van der Waals surface area contributed by atoms with E-state index in [9.17, 15) is 14.7 Å². The van der Waals surface area contributed by atoms with Crippen LogP contribution in [0.15, 0.2) is 30.5 Å². The number of carboxylic acids is 1. The van der Waals surface area contributed by atoms with Crippen LogP contribution in [0.4, 0.5) is 5.13 Å². The Morgan fingerprint density at radius 1 is 1.35 bits per heavy atom. The highest BCUT2D eigenvalue weighted by Crippen LogP contribution is 2.21. The molecule has 2 aromatic rings. The van der Waals surface area contributed by atoms with E-state index in [1.54, 1.807) is 6.20 Å². The van der Waals surface area contributed by atoms with Gasteiger partial charge in [-0.15, -0.1) is 11.3 Å². The van der Waals surface area contributed by atoms with Crippen molar-refractivity contribution in [3.8, 4) is 0 Å². The van der Waals surface area contributed by atoms with E-state index >= 15 is 0 Å². The van der Waals surface area contributed by atoms with E-state index in [1.807, 2.05) is 19.9 Å². The van der Waals surface area contributed by atoms with Crippen LogP contribution in [0.3, 0.4) is 0 Å². The molecule has 0 saturated heterocycles. The molecule has 1 amide bonds. The fourth-order valence-corrected chi connectivity index (χ4v) is 3.47. The van der Waals surface area contributed by atoms with Crippen molar-refractivity contribution < 1.29 is 14.7 Å². The summed E-state index contributed by atoms with van der Waals surface area (Å²) in [5.41, 5.74) is 2.41. The van der Waals surface area contributed by atoms with Gasteiger partial charge in [0.25, 0.3) is 0 Å². The third-order valence-electron chi connectivity index (χ3n) is 4.22. The zero-order valence-electron chi connectivity index (χ0n) is 15.3. The highest BCUT2D eigenvalue weighted by molar-refractivity contribution is 7.15. The number of hydrogen-bond donors (Lipinski definition) is 3. The summed E-state index contributed by atoms with van der Waals surface area (Å²) in [7, 11) is 0. The highest BCUT2D eigenvalue weighted by atomic mass is 32.1. The van der Waals surface area contributed by atoms with E-state index < -0.39 is 12.0 Å². The van der Waals surface area contributed by atoms with E-state index in [-0.39, 0.29) is 18.4 Å².